The van der Waals surface area contributed by atoms with Gasteiger partial charge in [-0.15, -0.1) is 0 Å². The first kappa shape index (κ1) is 12.8. The monoisotopic (exact) mass is 267 g/mol. The lowest BCUT2D eigenvalue weighted by Gasteiger charge is -2.09. The number of rotatable bonds is 2. The minimum Gasteiger partial charge on any atom is -0.243 e. The molecule has 0 saturated heterocycles. The largest absolute Gasteiger partial charge is 0.266 e. The molecule has 5 nitrogen and oxygen atoms in total. The van der Waals surface area contributed by atoms with Crippen molar-refractivity contribution in [2.75, 3.05) is 0 Å². The van der Waals surface area contributed by atoms with Gasteiger partial charge in [0.15, 0.2) is 5.69 Å². The van der Waals surface area contributed by atoms with Crippen LogP contribution in [0, 0.1) is 11.3 Å². The van der Waals surface area contributed by atoms with Crippen molar-refractivity contribution >= 4 is 21.6 Å². The van der Waals surface area contributed by atoms with E-state index in [0.717, 1.165) is 6.20 Å². The molecule has 1 rings (SSSR count). The van der Waals surface area contributed by atoms with Gasteiger partial charge in [0.1, 0.15) is 11.0 Å². The molecule has 16 heavy (non-hydrogen) atoms. The van der Waals surface area contributed by atoms with Gasteiger partial charge in [0, 0.05) is 6.20 Å². The number of halogens is 3. The van der Waals surface area contributed by atoms with Crippen molar-refractivity contribution in [2.24, 2.45) is 5.14 Å². The molecule has 0 aliphatic rings. The Morgan fingerprint density at radius 3 is 2.50 bits per heavy atom. The summed E-state index contributed by atoms with van der Waals surface area (Å²) >= 11 is 5.39. The van der Waals surface area contributed by atoms with E-state index in [1.54, 1.807) is 0 Å². The lowest BCUT2D eigenvalue weighted by molar-refractivity contribution is 0.148. The fourth-order valence-corrected chi connectivity index (χ4v) is 2.21. The van der Waals surface area contributed by atoms with Crippen molar-refractivity contribution in [1.82, 2.24) is 4.98 Å². The summed E-state index contributed by atoms with van der Waals surface area (Å²) in [7, 11) is -4.49. The molecule has 0 saturated carbocycles. The molecular weight excluding hydrogens is 264 g/mol. The second-order valence-corrected chi connectivity index (χ2v) is 4.56. The fourth-order valence-electron chi connectivity index (χ4n) is 1.06. The van der Waals surface area contributed by atoms with Gasteiger partial charge in [0.2, 0.25) is 10.0 Å². The Bertz CT molecular complexity index is 568. The van der Waals surface area contributed by atoms with Crippen LogP contribution >= 0.6 is 11.6 Å². The number of primary sulfonamides is 1. The molecule has 0 unspecified atom stereocenters. The second kappa shape index (κ2) is 4.29. The van der Waals surface area contributed by atoms with Crippen LogP contribution in [0.3, 0.4) is 0 Å². The predicted octanol–water partition coefficient (Wildman–Crippen LogP) is 1.19. The average molecular weight is 268 g/mol. The maximum atomic E-state index is 12.6. The van der Waals surface area contributed by atoms with Crippen molar-refractivity contribution in [3.63, 3.8) is 0 Å². The van der Waals surface area contributed by atoms with Crippen LogP contribution in [0.25, 0.3) is 0 Å². The number of nitrogens with zero attached hydrogens (tertiary/aromatic N) is 2. The van der Waals surface area contributed by atoms with E-state index in [2.05, 4.69) is 4.98 Å². The highest BCUT2D eigenvalue weighted by Gasteiger charge is 2.28. The van der Waals surface area contributed by atoms with E-state index in [4.69, 9.17) is 22.0 Å². The third-order valence-corrected chi connectivity index (χ3v) is 2.92. The third kappa shape index (κ3) is 2.27. The van der Waals surface area contributed by atoms with Crippen LogP contribution in [-0.2, 0) is 10.0 Å². The number of sulfonamides is 1. The van der Waals surface area contributed by atoms with Crippen LogP contribution in [-0.4, -0.2) is 13.4 Å². The summed E-state index contributed by atoms with van der Waals surface area (Å²) in [6.45, 7) is 0. The molecule has 0 aromatic carbocycles. The van der Waals surface area contributed by atoms with E-state index >= 15 is 0 Å². The molecule has 86 valence electrons. The quantitative estimate of drug-likeness (QED) is 0.870. The first-order chi connectivity index (χ1) is 7.29. The van der Waals surface area contributed by atoms with E-state index in [1.165, 1.54) is 6.07 Å². The lowest BCUT2D eigenvalue weighted by atomic mass is 10.2. The maximum Gasteiger partial charge on any atom is 0.266 e. The van der Waals surface area contributed by atoms with Crippen LogP contribution < -0.4 is 5.14 Å². The van der Waals surface area contributed by atoms with Gasteiger partial charge in [-0.3, -0.25) is 0 Å². The molecule has 0 atom stereocenters. The minimum absolute atomic E-state index is 0.557. The summed E-state index contributed by atoms with van der Waals surface area (Å²) in [6, 6.07) is 1.36. The zero-order valence-electron chi connectivity index (χ0n) is 7.49. The molecular formula is C7H4ClF2N3O2S. The van der Waals surface area contributed by atoms with Crippen LogP contribution in [0.5, 0.6) is 0 Å². The number of hydrogen-bond donors (Lipinski definition) is 1. The summed E-state index contributed by atoms with van der Waals surface area (Å²) in [5, 5.41) is 12.7. The zero-order valence-corrected chi connectivity index (χ0v) is 9.06. The molecule has 0 amide bonds. The van der Waals surface area contributed by atoms with Gasteiger partial charge >= 0.3 is 0 Å². The minimum atomic E-state index is -4.49. The van der Waals surface area contributed by atoms with Gasteiger partial charge in [-0.2, -0.15) is 5.26 Å². The van der Waals surface area contributed by atoms with E-state index in [-0.39, 0.29) is 0 Å². The third-order valence-electron chi connectivity index (χ3n) is 1.63. The predicted molar refractivity (Wildman–Crippen MR) is 50.3 cm³/mol. The number of alkyl halides is 2. The summed E-state index contributed by atoms with van der Waals surface area (Å²) < 4.78 is 47.4. The highest BCUT2D eigenvalue weighted by molar-refractivity contribution is 7.89. The summed E-state index contributed by atoms with van der Waals surface area (Å²) in [5.41, 5.74) is -1.71. The Morgan fingerprint density at radius 2 is 2.12 bits per heavy atom. The molecule has 0 spiro atoms. The summed E-state index contributed by atoms with van der Waals surface area (Å²) in [6.07, 6.45) is -2.40. The summed E-state index contributed by atoms with van der Waals surface area (Å²) in [4.78, 5) is 2.29. The highest BCUT2D eigenvalue weighted by atomic mass is 35.5. The second-order valence-electron chi connectivity index (χ2n) is 2.66. The number of aromatic nitrogens is 1. The van der Waals surface area contributed by atoms with Crippen molar-refractivity contribution in [2.45, 2.75) is 11.3 Å². The van der Waals surface area contributed by atoms with Crippen molar-refractivity contribution < 1.29 is 17.2 Å². The Kier molecular flexibility index (Phi) is 3.42. The Balaban J connectivity index is 3.79. The molecule has 9 heteroatoms. The van der Waals surface area contributed by atoms with Crippen molar-refractivity contribution in [3.05, 3.63) is 22.5 Å². The number of nitrogens with two attached hydrogens (primary N) is 1. The number of pyridine rings is 1. The van der Waals surface area contributed by atoms with Crippen LogP contribution in [0.15, 0.2) is 11.1 Å². The van der Waals surface area contributed by atoms with Crippen molar-refractivity contribution in [3.8, 4) is 6.07 Å². The van der Waals surface area contributed by atoms with Gasteiger partial charge < -0.3 is 0 Å². The smallest absolute Gasteiger partial charge is 0.243 e. The zero-order chi connectivity index (χ0) is 12.5. The molecule has 1 heterocycles. The van der Waals surface area contributed by atoms with E-state index < -0.39 is 37.6 Å². The SMILES string of the molecule is N#Cc1ncc(Cl)c(C(F)F)c1S(N)(=O)=O. The van der Waals surface area contributed by atoms with Crippen LogP contribution in [0.1, 0.15) is 17.7 Å². The van der Waals surface area contributed by atoms with Gasteiger partial charge in [0.05, 0.1) is 10.6 Å². The Labute approximate surface area is 94.5 Å². The Morgan fingerprint density at radius 1 is 1.56 bits per heavy atom. The van der Waals surface area contributed by atoms with Gasteiger partial charge in [-0.1, -0.05) is 11.6 Å². The maximum absolute atomic E-state index is 12.6. The van der Waals surface area contributed by atoms with Gasteiger partial charge in [-0.05, 0) is 0 Å². The topological polar surface area (TPSA) is 96.8 Å². The summed E-state index contributed by atoms with van der Waals surface area (Å²) in [5.74, 6) is 0. The molecule has 0 fully saturated rings. The van der Waals surface area contributed by atoms with Crippen LogP contribution in [0.4, 0.5) is 8.78 Å². The standard InChI is InChI=1S/C7H4ClF2N3O2S/c8-3-2-13-4(1-11)6(16(12,14)15)5(3)7(9)10/h2,7H,(H2,12,14,15). The van der Waals surface area contributed by atoms with Gasteiger partial charge in [0.25, 0.3) is 6.43 Å². The van der Waals surface area contributed by atoms with E-state index in [0.29, 0.717) is 0 Å². The number of hydrogen-bond acceptors (Lipinski definition) is 4. The molecule has 0 radical (unpaired) electrons. The average Bonchev–Trinajstić information content (AvgIpc) is 2.15. The Hall–Kier alpha value is -1.30. The molecule has 0 aliphatic carbocycles. The van der Waals surface area contributed by atoms with E-state index in [1.807, 2.05) is 0 Å². The van der Waals surface area contributed by atoms with Crippen LogP contribution in [0.2, 0.25) is 5.02 Å². The highest BCUT2D eigenvalue weighted by Crippen LogP contribution is 2.33. The molecule has 2 N–H and O–H groups in total. The molecule has 0 aliphatic heterocycles. The molecule has 1 aromatic rings. The lowest BCUT2D eigenvalue weighted by Crippen LogP contribution is -2.17. The normalized spacial score (nSPS) is 11.5. The molecule has 0 bridgehead atoms. The van der Waals surface area contributed by atoms with Gasteiger partial charge in [-0.25, -0.2) is 27.3 Å². The molecule has 1 aromatic heterocycles. The fraction of sp³-hybridized carbons (Fsp3) is 0.143. The first-order valence-electron chi connectivity index (χ1n) is 3.68. The first-order valence-corrected chi connectivity index (χ1v) is 5.61. The number of nitriles is 1. The van der Waals surface area contributed by atoms with Crippen molar-refractivity contribution in [1.29, 1.82) is 5.26 Å². The van der Waals surface area contributed by atoms with E-state index in [9.17, 15) is 17.2 Å².